The molecule has 0 atom stereocenters. The molecule has 7 aromatic carbocycles. The highest BCUT2D eigenvalue weighted by molar-refractivity contribution is 5.82. The van der Waals surface area contributed by atoms with Gasteiger partial charge in [0.15, 0.2) is 0 Å². The SMILES string of the molecule is C=CC.c1ccc(-c2ccc(N(c3ccc(-c4ccccc4)cc3)c3ccc(N(c4ccccc4)c4ccccc4)cc3)cc2)cc1. The Balaban J connectivity index is 0.00000124. The average molecular weight is 607 g/mol. The summed E-state index contributed by atoms with van der Waals surface area (Å²) in [7, 11) is 0. The Morgan fingerprint density at radius 1 is 0.298 bits per heavy atom. The Morgan fingerprint density at radius 3 is 0.766 bits per heavy atom. The van der Waals surface area contributed by atoms with Gasteiger partial charge in [-0.15, -0.1) is 6.58 Å². The second-order valence-corrected chi connectivity index (χ2v) is 11.1. The highest BCUT2D eigenvalue weighted by Crippen LogP contribution is 2.40. The molecule has 7 aromatic rings. The maximum absolute atomic E-state index is 3.36. The highest BCUT2D eigenvalue weighted by atomic mass is 15.2. The number of hydrogen-bond acceptors (Lipinski definition) is 2. The van der Waals surface area contributed by atoms with Gasteiger partial charge in [0.25, 0.3) is 0 Å². The summed E-state index contributed by atoms with van der Waals surface area (Å²) in [6.07, 6.45) is 1.75. The summed E-state index contributed by atoms with van der Waals surface area (Å²) in [5, 5.41) is 0. The van der Waals surface area contributed by atoms with Crippen LogP contribution in [0.5, 0.6) is 0 Å². The quantitative estimate of drug-likeness (QED) is 0.159. The maximum Gasteiger partial charge on any atom is 0.0463 e. The summed E-state index contributed by atoms with van der Waals surface area (Å²) < 4.78 is 0. The first-order valence-electron chi connectivity index (χ1n) is 15.9. The lowest BCUT2D eigenvalue weighted by molar-refractivity contribution is 1.26. The van der Waals surface area contributed by atoms with E-state index in [0.717, 1.165) is 34.1 Å². The van der Waals surface area contributed by atoms with Gasteiger partial charge in [-0.25, -0.2) is 0 Å². The average Bonchev–Trinajstić information content (AvgIpc) is 3.15. The molecule has 7 rings (SSSR count). The van der Waals surface area contributed by atoms with Crippen LogP contribution in [0, 0.1) is 0 Å². The number of para-hydroxylation sites is 2. The number of benzene rings is 7. The van der Waals surface area contributed by atoms with E-state index in [1.165, 1.54) is 22.3 Å². The van der Waals surface area contributed by atoms with Gasteiger partial charge in [-0.05, 0) is 102 Å². The van der Waals surface area contributed by atoms with E-state index in [2.05, 4.69) is 211 Å². The fraction of sp³-hybridized carbons (Fsp3) is 0.0222. The van der Waals surface area contributed by atoms with Crippen molar-refractivity contribution in [1.29, 1.82) is 0 Å². The molecule has 0 unspecified atom stereocenters. The van der Waals surface area contributed by atoms with Gasteiger partial charge in [-0.3, -0.25) is 0 Å². The third-order valence-electron chi connectivity index (χ3n) is 7.86. The van der Waals surface area contributed by atoms with E-state index in [4.69, 9.17) is 0 Å². The lowest BCUT2D eigenvalue weighted by atomic mass is 10.0. The molecule has 47 heavy (non-hydrogen) atoms. The fourth-order valence-electron chi connectivity index (χ4n) is 5.67. The van der Waals surface area contributed by atoms with Crippen LogP contribution in [-0.4, -0.2) is 0 Å². The van der Waals surface area contributed by atoms with Gasteiger partial charge < -0.3 is 9.80 Å². The largest absolute Gasteiger partial charge is 0.311 e. The number of hydrogen-bond donors (Lipinski definition) is 0. The summed E-state index contributed by atoms with van der Waals surface area (Å²) in [5.74, 6) is 0. The van der Waals surface area contributed by atoms with Crippen LogP contribution in [0.3, 0.4) is 0 Å². The van der Waals surface area contributed by atoms with Crippen molar-refractivity contribution in [1.82, 2.24) is 0 Å². The van der Waals surface area contributed by atoms with Gasteiger partial charge in [0, 0.05) is 34.1 Å². The molecule has 0 aliphatic rings. The van der Waals surface area contributed by atoms with E-state index in [1.54, 1.807) is 6.08 Å². The molecule has 2 nitrogen and oxygen atoms in total. The summed E-state index contributed by atoms with van der Waals surface area (Å²) in [6, 6.07) is 68.6. The zero-order chi connectivity index (χ0) is 32.3. The molecule has 0 amide bonds. The molecule has 0 aromatic heterocycles. The van der Waals surface area contributed by atoms with Gasteiger partial charge in [-0.1, -0.05) is 127 Å². The third kappa shape index (κ3) is 7.41. The predicted octanol–water partition coefficient (Wildman–Crippen LogP) is 13.2. The van der Waals surface area contributed by atoms with E-state index in [9.17, 15) is 0 Å². The standard InChI is InChI=1S/C42H32N2.C3H6/c1-5-13-33(14-6-1)35-21-25-39(26-22-35)44(40-27-23-36(24-28-40)34-15-7-2-8-16-34)42-31-29-41(30-32-42)43(37-17-9-3-10-18-37)38-19-11-4-12-20-38;1-3-2/h1-32H;3H,1H2,2H3. The second-order valence-electron chi connectivity index (χ2n) is 11.1. The minimum absolute atomic E-state index is 1.09. The number of nitrogens with zero attached hydrogens (tertiary/aromatic N) is 2. The zero-order valence-electron chi connectivity index (χ0n) is 26.7. The number of anilines is 6. The molecular weight excluding hydrogens is 569 g/mol. The topological polar surface area (TPSA) is 6.48 Å². The van der Waals surface area contributed by atoms with E-state index in [0.29, 0.717) is 0 Å². The van der Waals surface area contributed by atoms with Crippen LogP contribution in [0.25, 0.3) is 22.3 Å². The molecule has 0 fully saturated rings. The van der Waals surface area contributed by atoms with Gasteiger partial charge >= 0.3 is 0 Å². The monoisotopic (exact) mass is 606 g/mol. The second kappa shape index (κ2) is 15.2. The van der Waals surface area contributed by atoms with Crippen LogP contribution in [0.4, 0.5) is 34.1 Å². The van der Waals surface area contributed by atoms with E-state index >= 15 is 0 Å². The first-order chi connectivity index (χ1) is 23.2. The Hall–Kier alpha value is -6.12. The molecule has 0 radical (unpaired) electrons. The van der Waals surface area contributed by atoms with Gasteiger partial charge in [0.05, 0.1) is 0 Å². The Kier molecular flexibility index (Phi) is 10.0. The number of rotatable bonds is 8. The first kappa shape index (κ1) is 30.9. The van der Waals surface area contributed by atoms with Crippen molar-refractivity contribution in [2.45, 2.75) is 6.92 Å². The van der Waals surface area contributed by atoms with E-state index < -0.39 is 0 Å². The van der Waals surface area contributed by atoms with Crippen LogP contribution in [-0.2, 0) is 0 Å². The Morgan fingerprint density at radius 2 is 0.489 bits per heavy atom. The van der Waals surface area contributed by atoms with Gasteiger partial charge in [0.1, 0.15) is 0 Å². The van der Waals surface area contributed by atoms with Crippen molar-refractivity contribution in [3.8, 4) is 22.3 Å². The van der Waals surface area contributed by atoms with Gasteiger partial charge in [0.2, 0.25) is 0 Å². The molecule has 0 bridgehead atoms. The van der Waals surface area contributed by atoms with E-state index in [-0.39, 0.29) is 0 Å². The molecule has 228 valence electrons. The lowest BCUT2D eigenvalue weighted by Gasteiger charge is -2.28. The molecule has 0 saturated carbocycles. The van der Waals surface area contributed by atoms with Crippen LogP contribution in [0.2, 0.25) is 0 Å². The first-order valence-corrected chi connectivity index (χ1v) is 15.9. The van der Waals surface area contributed by atoms with Crippen molar-refractivity contribution >= 4 is 34.1 Å². The lowest BCUT2D eigenvalue weighted by Crippen LogP contribution is -2.12. The van der Waals surface area contributed by atoms with Gasteiger partial charge in [-0.2, -0.15) is 0 Å². The third-order valence-corrected chi connectivity index (χ3v) is 7.86. The molecule has 2 heteroatoms. The molecule has 0 N–H and O–H groups in total. The predicted molar refractivity (Wildman–Crippen MR) is 203 cm³/mol. The smallest absolute Gasteiger partial charge is 0.0463 e. The van der Waals surface area contributed by atoms with Crippen molar-refractivity contribution in [3.05, 3.63) is 207 Å². The van der Waals surface area contributed by atoms with Crippen LogP contribution in [0.15, 0.2) is 207 Å². The highest BCUT2D eigenvalue weighted by Gasteiger charge is 2.16. The normalized spacial score (nSPS) is 10.3. The summed E-state index contributed by atoms with van der Waals surface area (Å²) in [6.45, 7) is 5.25. The van der Waals surface area contributed by atoms with Crippen LogP contribution < -0.4 is 9.80 Å². The van der Waals surface area contributed by atoms with Crippen LogP contribution >= 0.6 is 0 Å². The Labute approximate surface area is 279 Å². The summed E-state index contributed by atoms with van der Waals surface area (Å²) in [4.78, 5) is 4.61. The minimum Gasteiger partial charge on any atom is -0.311 e. The zero-order valence-corrected chi connectivity index (χ0v) is 26.7. The Bertz CT molecular complexity index is 1830. The number of allylic oxidation sites excluding steroid dienone is 1. The molecule has 0 saturated heterocycles. The fourth-order valence-corrected chi connectivity index (χ4v) is 5.67. The van der Waals surface area contributed by atoms with Crippen LogP contribution in [0.1, 0.15) is 6.92 Å². The molecule has 0 aliphatic heterocycles. The molecular formula is C45H38N2. The van der Waals surface area contributed by atoms with Crippen molar-refractivity contribution in [2.24, 2.45) is 0 Å². The molecule has 0 heterocycles. The maximum atomic E-state index is 3.36. The minimum atomic E-state index is 1.09. The van der Waals surface area contributed by atoms with Crippen molar-refractivity contribution in [3.63, 3.8) is 0 Å². The van der Waals surface area contributed by atoms with E-state index in [1.807, 2.05) is 6.92 Å². The molecule has 0 aliphatic carbocycles. The van der Waals surface area contributed by atoms with Crippen molar-refractivity contribution in [2.75, 3.05) is 9.80 Å². The summed E-state index contributed by atoms with van der Waals surface area (Å²) >= 11 is 0. The molecule has 0 spiro atoms. The summed E-state index contributed by atoms with van der Waals surface area (Å²) in [5.41, 5.74) is 11.5. The van der Waals surface area contributed by atoms with Crippen molar-refractivity contribution < 1.29 is 0 Å².